The quantitative estimate of drug-likeness (QED) is 0.485. The molecule has 0 heterocycles. The van der Waals surface area contributed by atoms with Crippen LogP contribution in [0.4, 0.5) is 0 Å². The highest BCUT2D eigenvalue weighted by Gasteiger charge is 2.37. The largest absolute Gasteiger partial charge is 0.336 e. The highest BCUT2D eigenvalue weighted by molar-refractivity contribution is 7.86. The van der Waals surface area contributed by atoms with Gasteiger partial charge in [0.05, 0.1) is 4.90 Å². The molecule has 0 unspecified atom stereocenters. The lowest BCUT2D eigenvalue weighted by molar-refractivity contribution is -1.03. The maximum absolute atomic E-state index is 12.8. The summed E-state index contributed by atoms with van der Waals surface area (Å²) in [5, 5.41) is 1.17. The molecule has 0 N–H and O–H groups in total. The topological polar surface area (TPSA) is 43.4 Å². The van der Waals surface area contributed by atoms with Crippen molar-refractivity contribution in [3.63, 3.8) is 0 Å². The van der Waals surface area contributed by atoms with Crippen LogP contribution >= 0.6 is 23.2 Å². The molecule has 7 heteroatoms. The van der Waals surface area contributed by atoms with E-state index in [1.807, 2.05) is 31.2 Å². The summed E-state index contributed by atoms with van der Waals surface area (Å²) >= 11 is 9.21. The Kier molecular flexibility index (Phi) is 6.25. The van der Waals surface area contributed by atoms with Crippen molar-refractivity contribution in [3.05, 3.63) is 95.5 Å². The second-order valence-electron chi connectivity index (χ2n) is 5.45. The molecule has 3 aromatic rings. The Morgan fingerprint density at radius 2 is 1.15 bits per heavy atom. The van der Waals surface area contributed by atoms with Gasteiger partial charge in [0, 0.05) is 10.0 Å². The molecule has 0 aromatic heterocycles. The highest BCUT2D eigenvalue weighted by Crippen LogP contribution is 2.11. The van der Waals surface area contributed by atoms with E-state index in [0.29, 0.717) is 10.0 Å². The molecule has 0 saturated carbocycles. The van der Waals surface area contributed by atoms with Crippen molar-refractivity contribution in [1.29, 1.82) is 0 Å². The summed E-state index contributed by atoms with van der Waals surface area (Å²) in [4.78, 5) is 0.147. The first-order valence-electron chi connectivity index (χ1n) is 7.58. The molecule has 0 aliphatic carbocycles. The number of benzene rings is 3. The third-order valence-electron chi connectivity index (χ3n) is 3.46. The van der Waals surface area contributed by atoms with Gasteiger partial charge >= 0.3 is 30.4 Å². The predicted molar refractivity (Wildman–Crippen MR) is 99.7 cm³/mol. The minimum atomic E-state index is -3.89. The maximum Gasteiger partial charge on any atom is 0.336 e. The number of rotatable bonds is 5. The van der Waals surface area contributed by atoms with Crippen LogP contribution < -0.4 is 20.2 Å². The van der Waals surface area contributed by atoms with Gasteiger partial charge in [-0.1, -0.05) is 40.9 Å². The first-order chi connectivity index (χ1) is 12.3. The summed E-state index contributed by atoms with van der Waals surface area (Å²) in [7, 11) is -3.89. The van der Waals surface area contributed by atoms with Crippen LogP contribution in [0, 0.1) is 14.1 Å². The van der Waals surface area contributed by atoms with E-state index < -0.39 is 30.4 Å². The summed E-state index contributed by atoms with van der Waals surface area (Å²) in [5.41, 5.74) is 0.981. The summed E-state index contributed by atoms with van der Waals surface area (Å²) in [5.74, 6) is 0. The summed E-state index contributed by atoms with van der Waals surface area (Å²) < 4.78 is 33.0. The Morgan fingerprint density at radius 3 is 1.58 bits per heavy atom. The van der Waals surface area contributed by atoms with Crippen LogP contribution in [0.5, 0.6) is 0 Å². The zero-order chi connectivity index (χ0) is 18.7. The number of halogens is 3. The van der Waals surface area contributed by atoms with Gasteiger partial charge in [-0.25, -0.2) is 0 Å². The average Bonchev–Trinajstić information content (AvgIpc) is 2.62. The molecule has 0 atom stereocenters. The van der Waals surface area contributed by atoms with Crippen molar-refractivity contribution in [2.24, 2.45) is 0 Å². The van der Waals surface area contributed by atoms with Gasteiger partial charge in [0.1, 0.15) is 0 Å². The smallest absolute Gasteiger partial charge is 0.190 e. The van der Waals surface area contributed by atoms with E-state index in [-0.39, 0.29) is 4.90 Å². The highest BCUT2D eigenvalue weighted by atomic mass is 127. The Balaban J connectivity index is 2.01. The van der Waals surface area contributed by atoms with Gasteiger partial charge in [0.15, 0.2) is 7.14 Å². The zero-order valence-electron chi connectivity index (χ0n) is 13.7. The lowest BCUT2D eigenvalue weighted by Crippen LogP contribution is -3.85. The molecular formula is C19H15Cl2IO3S+. The SMILES string of the molecule is Cc1ccc(S(=O)(=O)O[I+](c2ccc(Cl)cc2)c2ccc(Cl)cc2)cc1. The van der Waals surface area contributed by atoms with Gasteiger partial charge in [-0.05, 0) is 70.1 Å². The number of hydrogen-bond donors (Lipinski definition) is 0. The third kappa shape index (κ3) is 4.78. The second kappa shape index (κ2) is 8.27. The molecule has 0 aliphatic rings. The molecule has 0 aliphatic heterocycles. The van der Waals surface area contributed by atoms with E-state index in [0.717, 1.165) is 12.7 Å². The molecule has 0 amide bonds. The Labute approximate surface area is 171 Å². The van der Waals surface area contributed by atoms with Crippen LogP contribution in [0.1, 0.15) is 5.56 Å². The minimum Gasteiger partial charge on any atom is -0.190 e. The molecule has 0 saturated heterocycles. The standard InChI is InChI=1S/C19H15Cl2IO3S/c1-14-2-12-19(13-3-14)26(23,24)25-22(17-8-4-15(20)5-9-17)18-10-6-16(21)7-11-18/h2-13H,1H3/q+1. The van der Waals surface area contributed by atoms with Crippen LogP contribution in [0.25, 0.3) is 0 Å². The third-order valence-corrected chi connectivity index (χ3v) is 11.3. The number of aryl methyl sites for hydroxylation is 1. The van der Waals surface area contributed by atoms with E-state index in [4.69, 9.17) is 25.7 Å². The Hall–Kier alpha value is -1.12. The molecule has 1 radical (unpaired) electrons. The summed E-state index contributed by atoms with van der Waals surface area (Å²) in [6.07, 6.45) is 0. The van der Waals surface area contributed by atoms with Gasteiger partial charge in [-0.2, -0.15) is 8.42 Å². The molecule has 0 fully saturated rings. The normalized spacial score (nSPS) is 11.7. The van der Waals surface area contributed by atoms with Crippen LogP contribution in [0.15, 0.2) is 77.7 Å². The van der Waals surface area contributed by atoms with E-state index in [2.05, 4.69) is 0 Å². The molecule has 3 nitrogen and oxygen atoms in total. The van der Waals surface area contributed by atoms with Crippen molar-refractivity contribution in [2.45, 2.75) is 11.8 Å². The van der Waals surface area contributed by atoms with Gasteiger partial charge in [0.25, 0.3) is 0 Å². The first-order valence-corrected chi connectivity index (χ1v) is 12.8. The van der Waals surface area contributed by atoms with Crippen molar-refractivity contribution in [2.75, 3.05) is 0 Å². The van der Waals surface area contributed by atoms with Crippen LogP contribution in [-0.2, 0) is 12.6 Å². The molecule has 0 spiro atoms. The molecule has 135 valence electrons. The van der Waals surface area contributed by atoms with E-state index in [1.54, 1.807) is 48.5 Å². The molecule has 3 aromatic carbocycles. The van der Waals surface area contributed by atoms with Crippen LogP contribution in [0.2, 0.25) is 10.0 Å². The average molecular weight is 521 g/mol. The first kappa shape index (κ1) is 19.6. The van der Waals surface area contributed by atoms with Crippen molar-refractivity contribution < 1.29 is 31.2 Å². The second-order valence-corrected chi connectivity index (χ2v) is 12.8. The molecule has 0 bridgehead atoms. The van der Waals surface area contributed by atoms with Gasteiger partial charge in [0.2, 0.25) is 0 Å². The van der Waals surface area contributed by atoms with E-state index in [9.17, 15) is 8.42 Å². The molecular weight excluding hydrogens is 506 g/mol. The fourth-order valence-corrected chi connectivity index (χ4v) is 9.25. The van der Waals surface area contributed by atoms with Crippen LogP contribution in [0.3, 0.4) is 0 Å². The fraction of sp³-hybridized carbons (Fsp3) is 0.0526. The van der Waals surface area contributed by atoms with Crippen LogP contribution in [-0.4, -0.2) is 8.42 Å². The van der Waals surface area contributed by atoms with Crippen molar-refractivity contribution >= 4 is 33.3 Å². The zero-order valence-corrected chi connectivity index (χ0v) is 18.2. The molecule has 3 rings (SSSR count). The maximum atomic E-state index is 12.8. The van der Waals surface area contributed by atoms with E-state index in [1.165, 1.54) is 0 Å². The van der Waals surface area contributed by atoms with Crippen molar-refractivity contribution in [1.82, 2.24) is 0 Å². The Morgan fingerprint density at radius 1 is 0.731 bits per heavy atom. The monoisotopic (exact) mass is 520 g/mol. The fourth-order valence-electron chi connectivity index (χ4n) is 2.11. The predicted octanol–water partition coefficient (Wildman–Crippen LogP) is 2.29. The Bertz CT molecular complexity index is 941. The summed E-state index contributed by atoms with van der Waals surface area (Å²) in [6.45, 7) is 1.90. The lowest BCUT2D eigenvalue weighted by atomic mass is 10.2. The summed E-state index contributed by atoms with van der Waals surface area (Å²) in [6, 6.07) is 20.8. The molecule has 26 heavy (non-hydrogen) atoms. The van der Waals surface area contributed by atoms with Gasteiger partial charge in [-0.15, -0.1) is 0 Å². The number of hydrogen-bond acceptors (Lipinski definition) is 3. The van der Waals surface area contributed by atoms with E-state index >= 15 is 0 Å². The lowest BCUT2D eigenvalue weighted by Gasteiger charge is -2.07. The van der Waals surface area contributed by atoms with Gasteiger partial charge < -0.3 is 0 Å². The van der Waals surface area contributed by atoms with Gasteiger partial charge in [-0.3, -0.25) is 0 Å². The minimum absolute atomic E-state index is 0.147. The van der Waals surface area contributed by atoms with Crippen molar-refractivity contribution in [3.8, 4) is 0 Å².